The van der Waals surface area contributed by atoms with Crippen molar-refractivity contribution in [3.05, 3.63) is 47.6 Å². The Balaban J connectivity index is 1.35. The van der Waals surface area contributed by atoms with Gasteiger partial charge in [-0.1, -0.05) is 91.8 Å². The van der Waals surface area contributed by atoms with Gasteiger partial charge in [0.25, 0.3) is 0 Å². The van der Waals surface area contributed by atoms with E-state index in [9.17, 15) is 60.7 Å². The number of carboxylic acids is 1. The Bertz CT molecular complexity index is 2300. The number of methoxy groups -OCH3 is 4. The van der Waals surface area contributed by atoms with Crippen LogP contribution in [0.4, 0.5) is 0 Å². The highest BCUT2D eigenvalue weighted by molar-refractivity contribution is 5.88. The Morgan fingerprint density at radius 3 is 1.31 bits per heavy atom. The van der Waals surface area contributed by atoms with E-state index in [-0.39, 0.29) is 110 Å². The molecule has 4 aliphatic heterocycles. The van der Waals surface area contributed by atoms with Gasteiger partial charge in [-0.3, -0.25) is 0 Å². The largest absolute Gasteiger partial charge is 0.478 e. The molecule has 4 aliphatic rings. The number of rotatable bonds is 43. The van der Waals surface area contributed by atoms with Crippen molar-refractivity contribution in [1.82, 2.24) is 0 Å². The lowest BCUT2D eigenvalue weighted by Gasteiger charge is -2.38. The maximum atomic E-state index is 14.2. The zero-order valence-electron chi connectivity index (χ0n) is 60.5. The highest BCUT2D eigenvalue weighted by Crippen LogP contribution is 2.36. The van der Waals surface area contributed by atoms with Gasteiger partial charge in [-0.2, -0.15) is 0 Å². The molecule has 2 saturated heterocycles. The summed E-state index contributed by atoms with van der Waals surface area (Å²) < 4.78 is 54.6. The van der Waals surface area contributed by atoms with Gasteiger partial charge < -0.3 is 93.7 Å². The predicted molar refractivity (Wildman–Crippen MR) is 363 cm³/mol. The third-order valence-electron chi connectivity index (χ3n) is 21.7. The van der Waals surface area contributed by atoms with Crippen LogP contribution in [0.3, 0.4) is 0 Å². The van der Waals surface area contributed by atoms with Crippen LogP contribution in [-0.4, -0.2) is 226 Å². The molecular weight excluding hydrogens is 1220 g/mol. The van der Waals surface area contributed by atoms with E-state index in [1.165, 1.54) is 13.0 Å². The first kappa shape index (κ1) is 84.6. The highest BCUT2D eigenvalue weighted by Gasteiger charge is 2.42. The molecule has 21 heteroatoms. The summed E-state index contributed by atoms with van der Waals surface area (Å²) in [4.78, 5) is 25.4. The number of carbonyl (C=O) groups excluding carboxylic acids is 1. The van der Waals surface area contributed by atoms with Crippen molar-refractivity contribution >= 4 is 11.9 Å². The van der Waals surface area contributed by atoms with Crippen molar-refractivity contribution in [2.75, 3.05) is 28.4 Å². The smallest absolute Gasteiger partial charge is 0.333 e. The van der Waals surface area contributed by atoms with Gasteiger partial charge in [0, 0.05) is 101 Å². The van der Waals surface area contributed by atoms with Gasteiger partial charge in [-0.15, -0.1) is 0 Å². The fourth-order valence-electron chi connectivity index (χ4n) is 14.6. The van der Waals surface area contributed by atoms with E-state index in [2.05, 4.69) is 0 Å². The van der Waals surface area contributed by atoms with Gasteiger partial charge in [0.05, 0.1) is 128 Å². The summed E-state index contributed by atoms with van der Waals surface area (Å²) in [5.74, 6) is -5.65. The van der Waals surface area contributed by atoms with Crippen LogP contribution in [0.5, 0.6) is 0 Å². The molecule has 0 radical (unpaired) electrons. The Kier molecular flexibility index (Phi) is 37.8. The fraction of sp³-hybridized carbons (Fsp3) is 0.865. The second kappa shape index (κ2) is 42.5. The summed E-state index contributed by atoms with van der Waals surface area (Å²) in [5.41, 5.74) is 0.370. The second-order valence-corrected chi connectivity index (χ2v) is 29.4. The van der Waals surface area contributed by atoms with Gasteiger partial charge >= 0.3 is 11.9 Å². The minimum Gasteiger partial charge on any atom is -0.478 e. The van der Waals surface area contributed by atoms with Crippen LogP contribution in [0.1, 0.15) is 199 Å². The maximum absolute atomic E-state index is 14.2. The van der Waals surface area contributed by atoms with Crippen LogP contribution in [0.2, 0.25) is 0 Å². The van der Waals surface area contributed by atoms with E-state index < -0.39 is 133 Å². The molecule has 0 aromatic rings. The molecule has 0 saturated carbocycles. The number of carboxylic acid groups (broad SMARTS) is 1. The molecule has 95 heavy (non-hydrogen) atoms. The maximum Gasteiger partial charge on any atom is 0.333 e. The van der Waals surface area contributed by atoms with Gasteiger partial charge in [0.2, 0.25) is 0 Å². The number of ether oxygens (including phenoxy) is 9. The molecule has 0 aliphatic carbocycles. The molecule has 0 spiro atoms. The summed E-state index contributed by atoms with van der Waals surface area (Å²) in [6, 6.07) is 0. The number of esters is 1. The third-order valence-corrected chi connectivity index (χ3v) is 21.7. The normalized spacial score (nSPS) is 30.4. The summed E-state index contributed by atoms with van der Waals surface area (Å²) >= 11 is 0. The van der Waals surface area contributed by atoms with Gasteiger partial charge in [0.15, 0.2) is 0 Å². The van der Waals surface area contributed by atoms with Crippen molar-refractivity contribution < 1.29 is 103 Å². The van der Waals surface area contributed by atoms with Crippen LogP contribution in [0.15, 0.2) is 47.6 Å². The van der Waals surface area contributed by atoms with E-state index >= 15 is 0 Å². The number of carbonyl (C=O) groups is 2. The molecule has 0 aromatic heterocycles. The predicted octanol–water partition coefficient (Wildman–Crippen LogP) is 8.52. The average molecular weight is 1360 g/mol. The van der Waals surface area contributed by atoms with Gasteiger partial charge in [-0.05, 0) is 129 Å². The number of aliphatic hydroxyl groups excluding tert-OH is 9. The summed E-state index contributed by atoms with van der Waals surface area (Å²) in [6.07, 6.45) is 7.44. The standard InChI is InChI=1S/C74H130O21/c1-41(25-29-59-35-61(87-13)31-45(5)91-59)69(81)51(11)71(83)49(9)65(79)39-63(77)47(7)67(89-15)37-57-22-18-20-56(94-57)34-54(76)28-24-44(4)74(86)95-72(52(12)70(82)42(2)26-30-60-36-62(88-14)32-46(6)92-60)50(10)66(80)40-64(78)48(8)68(90-16)38-58-21-17-19-55(93-58)33-53(75)27-23-43(3)73(84)85/h17-20,23-24,41-42,45-72,75-83H,21-22,25-40H2,1-16H3,(H,84,85)/b43-23+,44-24+/t41-,42-,45-,46-,47-,48-,49-,50-,51-,52-,53-,54-,55-,56-,57-,58-,59-,60-,61+,62+,63-,64-,65+,66+,67-,68-,69-,70-,71-,72-/m0/s1. The van der Waals surface area contributed by atoms with Crippen LogP contribution >= 0.6 is 0 Å². The topological polar surface area (TPSA) is 320 Å². The molecule has 21 nitrogen and oxygen atoms in total. The monoisotopic (exact) mass is 1350 g/mol. The highest BCUT2D eigenvalue weighted by atomic mass is 16.6. The quantitative estimate of drug-likeness (QED) is 0.0155. The van der Waals surface area contributed by atoms with Crippen molar-refractivity contribution in [2.24, 2.45) is 47.3 Å². The van der Waals surface area contributed by atoms with Gasteiger partial charge in [0.1, 0.15) is 6.10 Å². The van der Waals surface area contributed by atoms with Gasteiger partial charge in [-0.25, -0.2) is 9.59 Å². The molecule has 10 N–H and O–H groups in total. The van der Waals surface area contributed by atoms with E-state index in [1.54, 1.807) is 69.1 Å². The lowest BCUT2D eigenvalue weighted by atomic mass is 9.78. The zero-order chi connectivity index (χ0) is 71.0. The van der Waals surface area contributed by atoms with E-state index in [4.69, 9.17) is 42.6 Å². The molecule has 30 atom stereocenters. The average Bonchev–Trinajstić information content (AvgIpc) is 1.33. The first-order valence-corrected chi connectivity index (χ1v) is 35.8. The molecule has 4 rings (SSSR count). The fourth-order valence-corrected chi connectivity index (χ4v) is 14.6. The first-order chi connectivity index (χ1) is 44.8. The molecule has 0 amide bonds. The first-order valence-electron chi connectivity index (χ1n) is 35.8. The third kappa shape index (κ3) is 27.9. The second-order valence-electron chi connectivity index (χ2n) is 29.4. The van der Waals surface area contributed by atoms with E-state index in [1.807, 2.05) is 65.8 Å². The summed E-state index contributed by atoms with van der Waals surface area (Å²) in [6.45, 7) is 21.8. The van der Waals surface area contributed by atoms with Crippen LogP contribution in [-0.2, 0) is 52.2 Å². The Labute approximate surface area is 569 Å². The van der Waals surface area contributed by atoms with Crippen LogP contribution in [0.25, 0.3) is 0 Å². The van der Waals surface area contributed by atoms with Crippen molar-refractivity contribution in [1.29, 1.82) is 0 Å². The van der Waals surface area contributed by atoms with Crippen molar-refractivity contribution in [3.8, 4) is 0 Å². The Morgan fingerprint density at radius 2 is 0.895 bits per heavy atom. The minimum absolute atomic E-state index is 0.0163. The number of aliphatic hydroxyl groups is 9. The Hall–Kier alpha value is -2.78. The van der Waals surface area contributed by atoms with E-state index in [0.717, 1.165) is 32.1 Å². The molecular formula is C74H130O21. The Morgan fingerprint density at radius 1 is 0.495 bits per heavy atom. The SMILES string of the molecule is CO[C@H]1C[C@H](CC[C@H](C)[C@H](O)[C@H](C)[C@@H](O)[C@@H](C)[C@H](O)C[C@H](O)[C@H](C)[C@H](C[C@@H]2CC=C[C@@H](C[C@@H](O)C/C=C(\C)C(=O)O[C@@H]([C@@H](C)[C@H](O)C[C@H](O)[C@H](C)[C@H](C[C@@H]3CC=C[C@@H](C[C@@H](O)C/C=C(\C)C(=O)O)O3)OC)[C@@H](C)[C@@H](O)[C@@H](C)CC[C@H]3C[C@H](OC)C[C@H](C)O3)O2)OC)O[C@@H](C)C1. The summed E-state index contributed by atoms with van der Waals surface area (Å²) in [7, 11) is 6.55. The number of hydrogen-bond acceptors (Lipinski definition) is 20. The van der Waals surface area contributed by atoms with Crippen LogP contribution < -0.4 is 0 Å². The molecule has 4 heterocycles. The van der Waals surface area contributed by atoms with E-state index in [0.29, 0.717) is 44.9 Å². The lowest BCUT2D eigenvalue weighted by molar-refractivity contribution is -0.159. The molecule has 0 aromatic carbocycles. The molecule has 0 unspecified atom stereocenters. The minimum atomic E-state index is -1.19. The summed E-state index contributed by atoms with van der Waals surface area (Å²) in [5, 5.41) is 113. The molecule has 552 valence electrons. The number of hydrogen-bond donors (Lipinski definition) is 10. The number of aliphatic carboxylic acids is 1. The zero-order valence-corrected chi connectivity index (χ0v) is 60.5. The van der Waals surface area contributed by atoms with Crippen LogP contribution in [0, 0.1) is 47.3 Å². The van der Waals surface area contributed by atoms with Crippen molar-refractivity contribution in [2.45, 2.75) is 333 Å². The molecule has 0 bridgehead atoms. The van der Waals surface area contributed by atoms with Crippen molar-refractivity contribution in [3.63, 3.8) is 0 Å². The molecule has 2 fully saturated rings. The lowest BCUT2D eigenvalue weighted by Crippen LogP contribution is -2.46.